The molecule has 0 fully saturated rings. The van der Waals surface area contributed by atoms with Crippen LogP contribution in [0.2, 0.25) is 0 Å². The number of hydrogen-bond donors (Lipinski definition) is 0. The number of anilines is 1. The Morgan fingerprint density at radius 2 is 2.12 bits per heavy atom. The van der Waals surface area contributed by atoms with Gasteiger partial charge in [0.1, 0.15) is 0 Å². The number of fused-ring (bicyclic) bond motifs is 1. The average molecular weight is 239 g/mol. The Labute approximate surface area is 97.1 Å². The standard InChI is InChI=1S/C12H17NO2S/c1-3-16(14,15)13-9-5-8-11-7-4-6-10(2)12(11)13/h4,6-7H,3,5,8-9H2,1-2H3. The van der Waals surface area contributed by atoms with Crippen molar-refractivity contribution in [3.8, 4) is 0 Å². The summed E-state index contributed by atoms with van der Waals surface area (Å²) >= 11 is 0. The summed E-state index contributed by atoms with van der Waals surface area (Å²) in [4.78, 5) is 0. The molecular weight excluding hydrogens is 222 g/mol. The van der Waals surface area contributed by atoms with E-state index in [-0.39, 0.29) is 5.75 Å². The highest BCUT2D eigenvalue weighted by molar-refractivity contribution is 7.92. The lowest BCUT2D eigenvalue weighted by molar-refractivity contribution is 0.587. The molecule has 0 aromatic heterocycles. The maximum absolute atomic E-state index is 12.0. The molecule has 0 unspecified atom stereocenters. The third kappa shape index (κ3) is 1.82. The van der Waals surface area contributed by atoms with Crippen LogP contribution in [0.25, 0.3) is 0 Å². The van der Waals surface area contributed by atoms with Gasteiger partial charge in [-0.05, 0) is 37.8 Å². The minimum Gasteiger partial charge on any atom is -0.270 e. The van der Waals surface area contributed by atoms with Gasteiger partial charge in [-0.3, -0.25) is 4.31 Å². The zero-order chi connectivity index (χ0) is 11.8. The lowest BCUT2D eigenvalue weighted by Gasteiger charge is -2.31. The van der Waals surface area contributed by atoms with Crippen LogP contribution in [0.5, 0.6) is 0 Å². The number of benzene rings is 1. The molecule has 16 heavy (non-hydrogen) atoms. The van der Waals surface area contributed by atoms with E-state index >= 15 is 0 Å². The number of sulfonamides is 1. The fourth-order valence-electron chi connectivity index (χ4n) is 2.24. The van der Waals surface area contributed by atoms with Gasteiger partial charge in [0.15, 0.2) is 0 Å². The molecule has 0 spiro atoms. The van der Waals surface area contributed by atoms with Crippen molar-refractivity contribution in [3.05, 3.63) is 29.3 Å². The smallest absolute Gasteiger partial charge is 0.234 e. The van der Waals surface area contributed by atoms with Gasteiger partial charge >= 0.3 is 0 Å². The van der Waals surface area contributed by atoms with Gasteiger partial charge in [-0.2, -0.15) is 0 Å². The molecule has 0 saturated carbocycles. The van der Waals surface area contributed by atoms with Gasteiger partial charge in [-0.15, -0.1) is 0 Å². The van der Waals surface area contributed by atoms with Crippen molar-refractivity contribution in [3.63, 3.8) is 0 Å². The van der Waals surface area contributed by atoms with Crippen molar-refractivity contribution < 1.29 is 8.42 Å². The third-order valence-electron chi connectivity index (χ3n) is 3.08. The van der Waals surface area contributed by atoms with Crippen LogP contribution in [0.4, 0.5) is 5.69 Å². The largest absolute Gasteiger partial charge is 0.270 e. The predicted octanol–water partition coefficient (Wildman–Crippen LogP) is 2.10. The van der Waals surface area contributed by atoms with Gasteiger partial charge < -0.3 is 0 Å². The third-order valence-corrected chi connectivity index (χ3v) is 4.84. The van der Waals surface area contributed by atoms with E-state index in [1.807, 2.05) is 25.1 Å². The van der Waals surface area contributed by atoms with Crippen molar-refractivity contribution >= 4 is 15.7 Å². The fourth-order valence-corrected chi connectivity index (χ4v) is 3.50. The van der Waals surface area contributed by atoms with Crippen molar-refractivity contribution in [2.75, 3.05) is 16.6 Å². The van der Waals surface area contributed by atoms with Crippen molar-refractivity contribution in [1.82, 2.24) is 0 Å². The summed E-state index contributed by atoms with van der Waals surface area (Å²) in [5.41, 5.74) is 3.12. The van der Waals surface area contributed by atoms with E-state index in [0.717, 1.165) is 29.7 Å². The van der Waals surface area contributed by atoms with Crippen LogP contribution < -0.4 is 4.31 Å². The van der Waals surface area contributed by atoms with Gasteiger partial charge in [-0.25, -0.2) is 8.42 Å². The molecule has 1 heterocycles. The van der Waals surface area contributed by atoms with Gasteiger partial charge in [0.05, 0.1) is 11.4 Å². The number of aryl methyl sites for hydroxylation is 2. The van der Waals surface area contributed by atoms with Crippen LogP contribution in [0.15, 0.2) is 18.2 Å². The molecule has 88 valence electrons. The summed E-state index contributed by atoms with van der Waals surface area (Å²) in [6.07, 6.45) is 1.89. The lowest BCUT2D eigenvalue weighted by atomic mass is 10.0. The summed E-state index contributed by atoms with van der Waals surface area (Å²) in [6, 6.07) is 6.00. The molecule has 0 saturated heterocycles. The molecule has 3 nitrogen and oxygen atoms in total. The van der Waals surface area contributed by atoms with E-state index in [1.165, 1.54) is 0 Å². The van der Waals surface area contributed by atoms with Crippen LogP contribution in [-0.2, 0) is 16.4 Å². The maximum atomic E-state index is 12.0. The molecule has 0 radical (unpaired) electrons. The van der Waals surface area contributed by atoms with Crippen LogP contribution in [0, 0.1) is 6.92 Å². The van der Waals surface area contributed by atoms with Crippen molar-refractivity contribution in [2.45, 2.75) is 26.7 Å². The van der Waals surface area contributed by atoms with E-state index in [1.54, 1.807) is 11.2 Å². The molecule has 4 heteroatoms. The Kier molecular flexibility index (Phi) is 2.93. The fraction of sp³-hybridized carbons (Fsp3) is 0.500. The topological polar surface area (TPSA) is 37.4 Å². The highest BCUT2D eigenvalue weighted by Gasteiger charge is 2.26. The van der Waals surface area contributed by atoms with Crippen molar-refractivity contribution in [2.24, 2.45) is 0 Å². The van der Waals surface area contributed by atoms with E-state index in [9.17, 15) is 8.42 Å². The van der Waals surface area contributed by atoms with Gasteiger partial charge in [0, 0.05) is 6.54 Å². The Balaban J connectivity index is 2.56. The molecule has 1 aliphatic rings. The molecule has 0 amide bonds. The molecule has 2 rings (SSSR count). The first-order chi connectivity index (χ1) is 7.56. The minimum atomic E-state index is -3.12. The SMILES string of the molecule is CCS(=O)(=O)N1CCCc2cccc(C)c21. The van der Waals surface area contributed by atoms with Gasteiger partial charge in [0.2, 0.25) is 10.0 Å². The first-order valence-electron chi connectivity index (χ1n) is 5.65. The van der Waals surface area contributed by atoms with E-state index < -0.39 is 10.0 Å². The first kappa shape index (κ1) is 11.5. The molecule has 0 N–H and O–H groups in total. The first-order valence-corrected chi connectivity index (χ1v) is 7.26. The van der Waals surface area contributed by atoms with Crippen LogP contribution >= 0.6 is 0 Å². The van der Waals surface area contributed by atoms with Crippen LogP contribution in [-0.4, -0.2) is 20.7 Å². The Morgan fingerprint density at radius 1 is 1.38 bits per heavy atom. The second-order valence-electron chi connectivity index (χ2n) is 4.16. The number of nitrogens with zero attached hydrogens (tertiary/aromatic N) is 1. The summed E-state index contributed by atoms with van der Waals surface area (Å²) in [5.74, 6) is 0.167. The molecule has 0 bridgehead atoms. The lowest BCUT2D eigenvalue weighted by Crippen LogP contribution is -2.37. The zero-order valence-electron chi connectivity index (χ0n) is 9.73. The maximum Gasteiger partial charge on any atom is 0.234 e. The summed E-state index contributed by atoms with van der Waals surface area (Å²) in [7, 11) is -3.12. The summed E-state index contributed by atoms with van der Waals surface area (Å²) in [6.45, 7) is 4.29. The molecular formula is C12H17NO2S. The van der Waals surface area contributed by atoms with Crippen LogP contribution in [0.1, 0.15) is 24.5 Å². The highest BCUT2D eigenvalue weighted by atomic mass is 32.2. The quantitative estimate of drug-likeness (QED) is 0.792. The monoisotopic (exact) mass is 239 g/mol. The normalized spacial score (nSPS) is 16.0. The van der Waals surface area contributed by atoms with Gasteiger partial charge in [-0.1, -0.05) is 18.2 Å². The second-order valence-corrected chi connectivity index (χ2v) is 6.34. The Morgan fingerprint density at radius 3 is 2.81 bits per heavy atom. The number of hydrogen-bond acceptors (Lipinski definition) is 2. The van der Waals surface area contributed by atoms with E-state index in [2.05, 4.69) is 0 Å². The molecule has 0 aliphatic carbocycles. The second kappa shape index (κ2) is 4.09. The minimum absolute atomic E-state index is 0.167. The van der Waals surface area contributed by atoms with E-state index in [4.69, 9.17) is 0 Å². The predicted molar refractivity (Wildman–Crippen MR) is 66.3 cm³/mol. The average Bonchev–Trinajstić information content (AvgIpc) is 2.29. The summed E-state index contributed by atoms with van der Waals surface area (Å²) < 4.78 is 25.6. The molecule has 1 aliphatic heterocycles. The van der Waals surface area contributed by atoms with Crippen LogP contribution in [0.3, 0.4) is 0 Å². The summed E-state index contributed by atoms with van der Waals surface area (Å²) in [5, 5.41) is 0. The van der Waals surface area contributed by atoms with Gasteiger partial charge in [0.25, 0.3) is 0 Å². The Hall–Kier alpha value is -1.03. The highest BCUT2D eigenvalue weighted by Crippen LogP contribution is 2.32. The molecule has 1 aromatic rings. The zero-order valence-corrected chi connectivity index (χ0v) is 10.5. The molecule has 1 aromatic carbocycles. The van der Waals surface area contributed by atoms with Crippen molar-refractivity contribution in [1.29, 1.82) is 0 Å². The molecule has 0 atom stereocenters. The Bertz CT molecular complexity index is 494. The van der Waals surface area contributed by atoms with E-state index in [0.29, 0.717) is 6.54 Å². The number of para-hydroxylation sites is 1. The number of rotatable bonds is 2.